The minimum absolute atomic E-state index is 0.00504. The first-order valence-corrected chi connectivity index (χ1v) is 21.5. The summed E-state index contributed by atoms with van der Waals surface area (Å²) in [4.78, 5) is 2.57. The van der Waals surface area contributed by atoms with Crippen LogP contribution in [-0.4, -0.2) is 6.71 Å². The van der Waals surface area contributed by atoms with Crippen molar-refractivity contribution in [2.75, 3.05) is 4.90 Å². The van der Waals surface area contributed by atoms with Gasteiger partial charge in [0.15, 0.2) is 0 Å². The van der Waals surface area contributed by atoms with Crippen LogP contribution in [-0.2, 0) is 21.7 Å². The van der Waals surface area contributed by atoms with Crippen molar-refractivity contribution in [1.82, 2.24) is 0 Å². The molecule has 2 aliphatic heterocycles. The maximum atomic E-state index is 2.57. The molecule has 1 nitrogen and oxygen atoms in total. The minimum Gasteiger partial charge on any atom is -0.312 e. The van der Waals surface area contributed by atoms with E-state index in [2.05, 4.69) is 233 Å². The lowest BCUT2D eigenvalue weighted by molar-refractivity contribution is 0.552. The summed E-state index contributed by atoms with van der Waals surface area (Å²) >= 11 is 0. The van der Waals surface area contributed by atoms with Crippen molar-refractivity contribution in [3.63, 3.8) is 0 Å². The lowest BCUT2D eigenvalue weighted by Crippen LogP contribution is -2.64. The molecule has 7 aromatic carbocycles. The van der Waals surface area contributed by atoms with Gasteiger partial charge in [0.25, 0.3) is 0 Å². The molecular weight excluding hydrogens is 709 g/mol. The fourth-order valence-corrected chi connectivity index (χ4v) is 9.92. The number of anilines is 3. The molecule has 294 valence electrons. The molecule has 0 N–H and O–H groups in total. The molecule has 0 amide bonds. The summed E-state index contributed by atoms with van der Waals surface area (Å²) in [6.07, 6.45) is 0. The summed E-state index contributed by atoms with van der Waals surface area (Å²) in [6.45, 7) is 26.1. The Balaban J connectivity index is 1.33. The lowest BCUT2D eigenvalue weighted by atomic mass is 9.29. The Kier molecular flexibility index (Phi) is 9.06. The van der Waals surface area contributed by atoms with Crippen LogP contribution in [0.2, 0.25) is 0 Å². The Morgan fingerprint density at radius 2 is 0.949 bits per heavy atom. The van der Waals surface area contributed by atoms with E-state index in [1.54, 1.807) is 0 Å². The molecule has 0 radical (unpaired) electrons. The van der Waals surface area contributed by atoms with Gasteiger partial charge < -0.3 is 4.90 Å². The van der Waals surface area contributed by atoms with Crippen LogP contribution in [0, 0.1) is 0 Å². The molecule has 0 unspecified atom stereocenters. The molecule has 0 saturated carbocycles. The van der Waals surface area contributed by atoms with Crippen LogP contribution < -0.4 is 21.3 Å². The Morgan fingerprint density at radius 1 is 0.424 bits per heavy atom. The van der Waals surface area contributed by atoms with E-state index in [0.29, 0.717) is 0 Å². The molecule has 0 aromatic heterocycles. The number of fused-ring (bicyclic) bond motifs is 4. The van der Waals surface area contributed by atoms with Crippen molar-refractivity contribution in [2.45, 2.75) is 97.8 Å². The quantitative estimate of drug-likeness (QED) is 0.161. The molecule has 0 bridgehead atoms. The zero-order valence-corrected chi connectivity index (χ0v) is 37.0. The van der Waals surface area contributed by atoms with Crippen LogP contribution >= 0.6 is 0 Å². The maximum absolute atomic E-state index is 2.57. The van der Waals surface area contributed by atoms with Gasteiger partial charge in [-0.3, -0.25) is 0 Å². The summed E-state index contributed by atoms with van der Waals surface area (Å²) in [5, 5.41) is 0. The highest BCUT2D eigenvalue weighted by Crippen LogP contribution is 2.47. The second kappa shape index (κ2) is 13.7. The summed E-state index contributed by atoms with van der Waals surface area (Å²) in [6, 6.07) is 57.8. The van der Waals surface area contributed by atoms with E-state index in [9.17, 15) is 0 Å². The number of nitrogens with zero attached hydrogens (tertiary/aromatic N) is 1. The highest BCUT2D eigenvalue weighted by molar-refractivity contribution is 6.99. The van der Waals surface area contributed by atoms with Gasteiger partial charge in [0, 0.05) is 22.5 Å². The van der Waals surface area contributed by atoms with Gasteiger partial charge in [0.1, 0.15) is 0 Å². The molecule has 0 atom stereocenters. The zero-order valence-electron chi connectivity index (χ0n) is 37.0. The van der Waals surface area contributed by atoms with Crippen LogP contribution in [0.4, 0.5) is 17.1 Å². The largest absolute Gasteiger partial charge is 0.312 e. The Morgan fingerprint density at radius 3 is 1.49 bits per heavy atom. The van der Waals surface area contributed by atoms with Gasteiger partial charge in [-0.15, -0.1) is 0 Å². The van der Waals surface area contributed by atoms with E-state index < -0.39 is 0 Å². The van der Waals surface area contributed by atoms with Crippen molar-refractivity contribution in [3.05, 3.63) is 179 Å². The predicted molar refractivity (Wildman–Crippen MR) is 257 cm³/mol. The second-order valence-electron chi connectivity index (χ2n) is 20.7. The average Bonchev–Trinajstić information content (AvgIpc) is 3.21. The molecule has 2 heterocycles. The van der Waals surface area contributed by atoms with Gasteiger partial charge in [-0.05, 0) is 131 Å². The van der Waals surface area contributed by atoms with E-state index in [4.69, 9.17) is 0 Å². The van der Waals surface area contributed by atoms with Crippen molar-refractivity contribution in [2.24, 2.45) is 0 Å². The third-order valence-electron chi connectivity index (χ3n) is 13.1. The van der Waals surface area contributed by atoms with Crippen LogP contribution in [0.5, 0.6) is 0 Å². The minimum atomic E-state index is -0.236. The van der Waals surface area contributed by atoms with Crippen molar-refractivity contribution < 1.29 is 0 Å². The van der Waals surface area contributed by atoms with Gasteiger partial charge >= 0.3 is 0 Å². The maximum Gasteiger partial charge on any atom is 0.247 e. The number of hydrogen-bond acceptors (Lipinski definition) is 1. The van der Waals surface area contributed by atoms with E-state index in [1.165, 1.54) is 94.6 Å². The van der Waals surface area contributed by atoms with Gasteiger partial charge in [0.2, 0.25) is 6.71 Å². The van der Waals surface area contributed by atoms with Crippen LogP contribution in [0.1, 0.15) is 104 Å². The van der Waals surface area contributed by atoms with Crippen LogP contribution in [0.25, 0.3) is 33.4 Å². The summed E-state index contributed by atoms with van der Waals surface area (Å²) in [7, 11) is 0. The van der Waals surface area contributed by atoms with E-state index in [0.717, 1.165) is 0 Å². The van der Waals surface area contributed by atoms with Crippen molar-refractivity contribution in [3.8, 4) is 33.4 Å². The van der Waals surface area contributed by atoms with E-state index in [-0.39, 0.29) is 28.4 Å². The van der Waals surface area contributed by atoms with Gasteiger partial charge in [-0.2, -0.15) is 0 Å². The fourth-order valence-electron chi connectivity index (χ4n) is 9.92. The Hall–Kier alpha value is -5.60. The average molecular weight is 768 g/mol. The Bertz CT molecular complexity index is 2660. The smallest absolute Gasteiger partial charge is 0.247 e. The molecule has 9 rings (SSSR count). The zero-order chi connectivity index (χ0) is 41.6. The highest BCUT2D eigenvalue weighted by atomic mass is 15.2. The molecule has 0 fully saturated rings. The first kappa shape index (κ1) is 38.9. The molecule has 0 saturated heterocycles. The normalized spacial score (nSPS) is 14.4. The number of benzene rings is 7. The van der Waals surface area contributed by atoms with E-state index in [1.807, 2.05) is 0 Å². The molecule has 7 aromatic rings. The summed E-state index contributed by atoms with van der Waals surface area (Å²) in [5.74, 6) is 0. The fraction of sp³-hybridized carbons (Fsp3) is 0.263. The van der Waals surface area contributed by atoms with E-state index >= 15 is 0 Å². The lowest BCUT2D eigenvalue weighted by Gasteiger charge is -2.48. The topological polar surface area (TPSA) is 3.24 Å². The number of hydrogen-bond donors (Lipinski definition) is 0. The van der Waals surface area contributed by atoms with Crippen LogP contribution in [0.3, 0.4) is 0 Å². The highest BCUT2D eigenvalue weighted by Gasteiger charge is 2.48. The first-order chi connectivity index (χ1) is 27.9. The number of rotatable bonds is 4. The summed E-state index contributed by atoms with van der Waals surface area (Å²) in [5.41, 5.74) is 22.2. The first-order valence-electron chi connectivity index (χ1n) is 21.5. The molecule has 2 heteroatoms. The molecule has 2 aliphatic rings. The summed E-state index contributed by atoms with van der Waals surface area (Å²) < 4.78 is 0. The standard InChI is InChI=1S/C57H58BN/c1-54(2,3)43-23-26-45(27-24-43)59-50-30-25-44(55(4,5)6)36-49(50)58-48-35-39(22-28-46(48)57(10,11)52-47(56(7,8)9)29-31-51(59)53(52)58)42-33-40(37-18-14-12-15-19-37)32-41(34-42)38-20-16-13-17-21-38/h12-36H,1-11H3. The van der Waals surface area contributed by atoms with Crippen LogP contribution in [0.15, 0.2) is 152 Å². The molecule has 0 spiro atoms. The third-order valence-corrected chi connectivity index (χ3v) is 13.1. The SMILES string of the molecule is CC(C)(C)c1ccc(N2c3ccc(C(C)(C)C)cc3B3c4cc(-c5cc(-c6ccccc6)cc(-c6ccccc6)c5)ccc4C(C)(C)c4c(C(C)(C)C)ccc2c43)cc1. The monoisotopic (exact) mass is 767 g/mol. The molecule has 0 aliphatic carbocycles. The molecule has 59 heavy (non-hydrogen) atoms. The van der Waals surface area contributed by atoms with Gasteiger partial charge in [-0.1, -0.05) is 191 Å². The van der Waals surface area contributed by atoms with Crippen molar-refractivity contribution >= 4 is 40.2 Å². The Labute approximate surface area is 354 Å². The van der Waals surface area contributed by atoms with Gasteiger partial charge in [-0.25, -0.2) is 0 Å². The third kappa shape index (κ3) is 6.66. The second-order valence-corrected chi connectivity index (χ2v) is 20.7. The molecular formula is C57H58BN. The van der Waals surface area contributed by atoms with Gasteiger partial charge in [0.05, 0.1) is 0 Å². The van der Waals surface area contributed by atoms with Crippen molar-refractivity contribution in [1.29, 1.82) is 0 Å². The predicted octanol–water partition coefficient (Wildman–Crippen LogP) is 13.5.